The van der Waals surface area contributed by atoms with Gasteiger partial charge in [0.05, 0.1) is 0 Å². The molecule has 258 valence electrons. The van der Waals surface area contributed by atoms with Gasteiger partial charge < -0.3 is 4.90 Å². The Labute approximate surface area is 306 Å². The lowest BCUT2D eigenvalue weighted by atomic mass is 9.42. The molecule has 4 bridgehead atoms. The highest BCUT2D eigenvalue weighted by molar-refractivity contribution is 5.82. The summed E-state index contributed by atoms with van der Waals surface area (Å²) >= 11 is 0. The number of aryl methyl sites for hydroxylation is 5. The number of unbranched alkanes of at least 4 members (excludes halogenated alkanes) is 1. The topological polar surface area (TPSA) is 3.24 Å². The SMILES string of the molecule is C=Cc1ccc(C23CC4CC(C2)CC(c2ccc(N(c5ccc(CCCC)cc5)c5cc(C)c(-c6ccc7c(c6)CC7)cc5C)cc2)(C4)C3)cc1. The molecule has 0 heterocycles. The third-order valence-electron chi connectivity index (χ3n) is 13.5. The summed E-state index contributed by atoms with van der Waals surface area (Å²) in [6.07, 6.45) is 16.1. The van der Waals surface area contributed by atoms with Crippen molar-refractivity contribution in [1.29, 1.82) is 0 Å². The molecule has 5 aliphatic carbocycles. The molecule has 0 amide bonds. The van der Waals surface area contributed by atoms with E-state index in [4.69, 9.17) is 0 Å². The van der Waals surface area contributed by atoms with Crippen LogP contribution in [0.1, 0.15) is 103 Å². The van der Waals surface area contributed by atoms with Gasteiger partial charge in [0.15, 0.2) is 0 Å². The molecule has 0 aromatic heterocycles. The molecule has 0 N–H and O–H groups in total. The van der Waals surface area contributed by atoms with E-state index in [0.717, 1.165) is 18.3 Å². The Hall–Kier alpha value is -4.36. The molecule has 1 heteroatoms. The number of anilines is 3. The molecule has 5 aromatic carbocycles. The van der Waals surface area contributed by atoms with Crippen LogP contribution < -0.4 is 4.90 Å². The van der Waals surface area contributed by atoms with Crippen molar-refractivity contribution in [2.45, 2.75) is 102 Å². The maximum atomic E-state index is 4.01. The molecule has 51 heavy (non-hydrogen) atoms. The van der Waals surface area contributed by atoms with Crippen molar-refractivity contribution in [2.24, 2.45) is 11.8 Å². The van der Waals surface area contributed by atoms with Gasteiger partial charge in [-0.3, -0.25) is 0 Å². The fourth-order valence-electron chi connectivity index (χ4n) is 11.2. The molecule has 2 atom stereocenters. The van der Waals surface area contributed by atoms with Gasteiger partial charge in [-0.05, 0) is 193 Å². The molecule has 2 unspecified atom stereocenters. The van der Waals surface area contributed by atoms with E-state index in [1.807, 2.05) is 6.08 Å². The highest BCUT2D eigenvalue weighted by Crippen LogP contribution is 2.66. The van der Waals surface area contributed by atoms with E-state index in [1.54, 1.807) is 11.1 Å². The van der Waals surface area contributed by atoms with Crippen LogP contribution in [0.2, 0.25) is 0 Å². The maximum Gasteiger partial charge on any atom is 0.0493 e. The summed E-state index contributed by atoms with van der Waals surface area (Å²) in [7, 11) is 0. The summed E-state index contributed by atoms with van der Waals surface area (Å²) in [4.78, 5) is 2.51. The van der Waals surface area contributed by atoms with Crippen LogP contribution in [-0.4, -0.2) is 0 Å². The quantitative estimate of drug-likeness (QED) is 0.143. The van der Waals surface area contributed by atoms with Crippen LogP contribution in [0.3, 0.4) is 0 Å². The second-order valence-corrected chi connectivity index (χ2v) is 16.9. The van der Waals surface area contributed by atoms with Crippen molar-refractivity contribution in [3.05, 3.63) is 154 Å². The van der Waals surface area contributed by atoms with E-state index < -0.39 is 0 Å². The Kier molecular flexibility index (Phi) is 8.10. The molecule has 0 aliphatic heterocycles. The highest BCUT2D eigenvalue weighted by atomic mass is 15.1. The van der Waals surface area contributed by atoms with Crippen LogP contribution in [0.4, 0.5) is 17.1 Å². The highest BCUT2D eigenvalue weighted by Gasteiger charge is 2.58. The van der Waals surface area contributed by atoms with E-state index in [-0.39, 0.29) is 5.41 Å². The molecule has 10 rings (SSSR count). The molecule has 4 saturated carbocycles. The monoisotopic (exact) mass is 667 g/mol. The standard InChI is InChI=1S/C50H53N/c1-5-7-8-37-11-21-45(22-12-37)51(48-26-34(3)47(25-35(48)4)42-16-14-40-13-15-41(40)28-42)46-23-19-44(20-24-46)50-31-38-27-39(32-50)30-49(29-38,33-50)43-17-9-36(6-2)10-18-43/h6,9-12,14,16-26,28,38-39H,2,5,7-8,13,15,27,29-33H2,1,3-4H3. The summed E-state index contributed by atoms with van der Waals surface area (Å²) in [5.74, 6) is 1.66. The molecule has 4 fully saturated rings. The van der Waals surface area contributed by atoms with E-state index in [1.165, 1.54) is 126 Å². The molecular weight excluding hydrogens is 615 g/mol. The van der Waals surface area contributed by atoms with Crippen LogP contribution in [0.5, 0.6) is 0 Å². The van der Waals surface area contributed by atoms with Crippen molar-refractivity contribution >= 4 is 23.1 Å². The van der Waals surface area contributed by atoms with Crippen molar-refractivity contribution in [2.75, 3.05) is 4.90 Å². The number of benzene rings is 5. The minimum Gasteiger partial charge on any atom is -0.310 e. The van der Waals surface area contributed by atoms with Gasteiger partial charge >= 0.3 is 0 Å². The minimum atomic E-state index is 0.274. The Bertz CT molecular complexity index is 2070. The number of fused-ring (bicyclic) bond motifs is 1. The van der Waals surface area contributed by atoms with E-state index in [9.17, 15) is 0 Å². The molecule has 1 nitrogen and oxygen atoms in total. The first-order valence-corrected chi connectivity index (χ1v) is 19.8. The molecular formula is C50H53N. The Morgan fingerprint density at radius 2 is 1.29 bits per heavy atom. The maximum absolute atomic E-state index is 4.01. The van der Waals surface area contributed by atoms with Gasteiger partial charge in [-0.25, -0.2) is 0 Å². The van der Waals surface area contributed by atoms with Crippen molar-refractivity contribution in [3.63, 3.8) is 0 Å². The largest absolute Gasteiger partial charge is 0.310 e. The van der Waals surface area contributed by atoms with Gasteiger partial charge in [0.25, 0.3) is 0 Å². The van der Waals surface area contributed by atoms with E-state index >= 15 is 0 Å². The van der Waals surface area contributed by atoms with Gasteiger partial charge in [-0.15, -0.1) is 0 Å². The van der Waals surface area contributed by atoms with E-state index in [0.29, 0.717) is 5.41 Å². The van der Waals surface area contributed by atoms with Crippen LogP contribution in [0, 0.1) is 25.7 Å². The average molecular weight is 668 g/mol. The van der Waals surface area contributed by atoms with Crippen LogP contribution in [-0.2, 0) is 30.1 Å². The van der Waals surface area contributed by atoms with Crippen LogP contribution in [0.15, 0.2) is 110 Å². The minimum absolute atomic E-state index is 0.274. The lowest BCUT2D eigenvalue weighted by molar-refractivity contribution is -0.0281. The van der Waals surface area contributed by atoms with Crippen molar-refractivity contribution in [3.8, 4) is 11.1 Å². The first-order valence-electron chi connectivity index (χ1n) is 19.8. The Morgan fingerprint density at radius 1 is 0.686 bits per heavy atom. The predicted molar refractivity (Wildman–Crippen MR) is 217 cm³/mol. The van der Waals surface area contributed by atoms with E-state index in [2.05, 4.69) is 135 Å². The average Bonchev–Trinajstić information content (AvgIpc) is 3.13. The molecule has 0 spiro atoms. The molecule has 5 aliphatic rings. The fourth-order valence-corrected chi connectivity index (χ4v) is 11.2. The van der Waals surface area contributed by atoms with Gasteiger partial charge in [0, 0.05) is 17.1 Å². The zero-order chi connectivity index (χ0) is 34.7. The summed E-state index contributed by atoms with van der Waals surface area (Å²) < 4.78 is 0. The van der Waals surface area contributed by atoms with Crippen LogP contribution >= 0.6 is 0 Å². The smallest absolute Gasteiger partial charge is 0.0493 e. The lowest BCUT2D eigenvalue weighted by Crippen LogP contribution is -2.55. The summed E-state index contributed by atoms with van der Waals surface area (Å²) in [5.41, 5.74) is 18.5. The summed E-state index contributed by atoms with van der Waals surface area (Å²) in [5, 5.41) is 0. The summed E-state index contributed by atoms with van der Waals surface area (Å²) in [6.45, 7) is 10.9. The first kappa shape index (κ1) is 32.5. The first-order chi connectivity index (χ1) is 24.8. The fraction of sp³-hybridized carbons (Fsp3) is 0.360. The lowest BCUT2D eigenvalue weighted by Gasteiger charge is -2.63. The number of nitrogens with zero attached hydrogens (tertiary/aromatic N) is 1. The third kappa shape index (κ3) is 5.69. The van der Waals surface area contributed by atoms with Gasteiger partial charge in [-0.2, -0.15) is 0 Å². The summed E-state index contributed by atoms with van der Waals surface area (Å²) in [6, 6.07) is 40.7. The molecule has 0 radical (unpaired) electrons. The second kappa shape index (κ2) is 12.7. The second-order valence-electron chi connectivity index (χ2n) is 16.9. The number of rotatable bonds is 10. The number of hydrogen-bond donors (Lipinski definition) is 0. The molecule has 5 aromatic rings. The van der Waals surface area contributed by atoms with Gasteiger partial charge in [0.2, 0.25) is 0 Å². The molecule has 0 saturated heterocycles. The van der Waals surface area contributed by atoms with Gasteiger partial charge in [0.1, 0.15) is 0 Å². The predicted octanol–water partition coefficient (Wildman–Crippen LogP) is 13.3. The zero-order valence-electron chi connectivity index (χ0n) is 31.0. The van der Waals surface area contributed by atoms with Crippen LogP contribution in [0.25, 0.3) is 17.2 Å². The third-order valence-corrected chi connectivity index (χ3v) is 13.5. The van der Waals surface area contributed by atoms with Gasteiger partial charge in [-0.1, -0.05) is 92.7 Å². The zero-order valence-corrected chi connectivity index (χ0v) is 31.0. The number of hydrogen-bond acceptors (Lipinski definition) is 1. The Balaban J connectivity index is 1.08. The Morgan fingerprint density at radius 3 is 1.86 bits per heavy atom. The normalized spacial score (nSPS) is 24.2. The van der Waals surface area contributed by atoms with Crippen molar-refractivity contribution in [1.82, 2.24) is 0 Å². The van der Waals surface area contributed by atoms with Crippen molar-refractivity contribution < 1.29 is 0 Å².